The minimum atomic E-state index is -0.579. The van der Waals surface area contributed by atoms with Crippen molar-refractivity contribution in [3.63, 3.8) is 0 Å². The van der Waals surface area contributed by atoms with Crippen LogP contribution in [0.3, 0.4) is 0 Å². The molecule has 1 aliphatic rings. The van der Waals surface area contributed by atoms with Gasteiger partial charge in [0.1, 0.15) is 23.6 Å². The summed E-state index contributed by atoms with van der Waals surface area (Å²) in [6.07, 6.45) is 3.12. The Kier molecular flexibility index (Phi) is 6.30. The van der Waals surface area contributed by atoms with Crippen LogP contribution in [0.25, 0.3) is 11.3 Å². The van der Waals surface area contributed by atoms with Crippen molar-refractivity contribution in [3.05, 3.63) is 40.6 Å². The first kappa shape index (κ1) is 19.9. The molecule has 0 saturated carbocycles. The number of benzene rings is 1. The fraction of sp³-hybridized carbons (Fsp3) is 0.368. The van der Waals surface area contributed by atoms with Gasteiger partial charge in [0, 0.05) is 18.5 Å². The van der Waals surface area contributed by atoms with Gasteiger partial charge in [0.05, 0.1) is 5.02 Å². The standard InChI is InChI=1S/C19H21ClN4O4/c1-12-17(18(23-28-12)13-7-4-5-8-14(13)20)19(27)22-21-15(25)11-24-10-6-2-3-9-16(24)26/h4-5,7-8H,2-3,6,9-11H2,1H3,(H,21,25)(H,22,27). The fourth-order valence-corrected chi connectivity index (χ4v) is 3.31. The summed E-state index contributed by atoms with van der Waals surface area (Å²) >= 11 is 6.19. The number of carbonyl (C=O) groups excluding carboxylic acids is 3. The normalized spacial score (nSPS) is 14.5. The Morgan fingerprint density at radius 2 is 2.00 bits per heavy atom. The van der Waals surface area contributed by atoms with Crippen LogP contribution in [0, 0.1) is 6.92 Å². The molecule has 1 saturated heterocycles. The van der Waals surface area contributed by atoms with Gasteiger partial charge in [-0.1, -0.05) is 41.4 Å². The van der Waals surface area contributed by atoms with Crippen LogP contribution in [0.1, 0.15) is 41.8 Å². The molecule has 1 fully saturated rings. The van der Waals surface area contributed by atoms with Crippen LogP contribution in [0.15, 0.2) is 28.8 Å². The number of halogens is 1. The number of aryl methyl sites for hydroxylation is 1. The van der Waals surface area contributed by atoms with E-state index in [1.54, 1.807) is 31.2 Å². The van der Waals surface area contributed by atoms with Gasteiger partial charge in [-0.2, -0.15) is 0 Å². The molecule has 1 aromatic carbocycles. The number of likely N-dealkylation sites (tertiary alicyclic amines) is 1. The summed E-state index contributed by atoms with van der Waals surface area (Å²) in [6, 6.07) is 6.94. The van der Waals surface area contributed by atoms with Gasteiger partial charge in [0.2, 0.25) is 5.91 Å². The first-order chi connectivity index (χ1) is 13.5. The summed E-state index contributed by atoms with van der Waals surface area (Å²) in [7, 11) is 0. The van der Waals surface area contributed by atoms with E-state index in [0.717, 1.165) is 19.3 Å². The summed E-state index contributed by atoms with van der Waals surface area (Å²) in [5, 5.41) is 4.35. The molecule has 0 spiro atoms. The van der Waals surface area contributed by atoms with Crippen molar-refractivity contribution in [2.24, 2.45) is 0 Å². The Balaban J connectivity index is 1.65. The lowest BCUT2D eigenvalue weighted by Gasteiger charge is -2.19. The molecule has 9 heteroatoms. The van der Waals surface area contributed by atoms with Gasteiger partial charge in [0.15, 0.2) is 0 Å². The monoisotopic (exact) mass is 404 g/mol. The van der Waals surface area contributed by atoms with Gasteiger partial charge in [0.25, 0.3) is 11.8 Å². The van der Waals surface area contributed by atoms with E-state index >= 15 is 0 Å². The van der Waals surface area contributed by atoms with Crippen molar-refractivity contribution in [1.82, 2.24) is 20.9 Å². The van der Waals surface area contributed by atoms with Gasteiger partial charge in [-0.3, -0.25) is 25.2 Å². The second-order valence-corrected chi connectivity index (χ2v) is 6.98. The van der Waals surface area contributed by atoms with Crippen LogP contribution >= 0.6 is 11.6 Å². The average molecular weight is 405 g/mol. The number of hydrogen-bond donors (Lipinski definition) is 2. The molecule has 3 rings (SSSR count). The molecule has 28 heavy (non-hydrogen) atoms. The zero-order chi connectivity index (χ0) is 20.1. The van der Waals surface area contributed by atoms with Crippen LogP contribution < -0.4 is 10.9 Å². The Morgan fingerprint density at radius 1 is 1.21 bits per heavy atom. The highest BCUT2D eigenvalue weighted by Crippen LogP contribution is 2.30. The molecule has 0 radical (unpaired) electrons. The third-order valence-corrected chi connectivity index (χ3v) is 4.87. The predicted molar refractivity (Wildman–Crippen MR) is 102 cm³/mol. The van der Waals surface area contributed by atoms with E-state index in [1.165, 1.54) is 4.90 Å². The third-order valence-electron chi connectivity index (χ3n) is 4.54. The maximum atomic E-state index is 12.6. The molecule has 0 aliphatic carbocycles. The minimum Gasteiger partial charge on any atom is -0.360 e. The van der Waals surface area contributed by atoms with Crippen molar-refractivity contribution in [1.29, 1.82) is 0 Å². The lowest BCUT2D eigenvalue weighted by atomic mass is 10.1. The highest BCUT2D eigenvalue weighted by Gasteiger charge is 2.24. The maximum absolute atomic E-state index is 12.6. The molecule has 148 valence electrons. The minimum absolute atomic E-state index is 0.0464. The molecular weight excluding hydrogens is 384 g/mol. The van der Waals surface area contributed by atoms with Gasteiger partial charge in [-0.25, -0.2) is 0 Å². The summed E-state index contributed by atoms with van der Waals surface area (Å²) < 4.78 is 5.15. The molecule has 0 unspecified atom stereocenters. The number of hydrazine groups is 1. The zero-order valence-electron chi connectivity index (χ0n) is 15.5. The Bertz CT molecular complexity index is 896. The summed E-state index contributed by atoms with van der Waals surface area (Å²) in [5.74, 6) is -0.805. The van der Waals surface area contributed by atoms with E-state index in [0.29, 0.717) is 29.3 Å². The van der Waals surface area contributed by atoms with E-state index in [9.17, 15) is 14.4 Å². The van der Waals surface area contributed by atoms with Crippen LogP contribution in [-0.2, 0) is 9.59 Å². The number of nitrogens with zero attached hydrogens (tertiary/aromatic N) is 2. The van der Waals surface area contributed by atoms with Crippen molar-refractivity contribution >= 4 is 29.3 Å². The van der Waals surface area contributed by atoms with Crippen molar-refractivity contribution < 1.29 is 18.9 Å². The Labute approximate surface area is 167 Å². The molecular formula is C19H21ClN4O4. The maximum Gasteiger partial charge on any atom is 0.275 e. The molecule has 2 heterocycles. The Morgan fingerprint density at radius 3 is 2.79 bits per heavy atom. The second kappa shape index (κ2) is 8.88. The SMILES string of the molecule is Cc1onc(-c2ccccc2Cl)c1C(=O)NNC(=O)CN1CCCCCC1=O. The molecule has 0 atom stereocenters. The van der Waals surface area contributed by atoms with Gasteiger partial charge in [-0.05, 0) is 25.8 Å². The lowest BCUT2D eigenvalue weighted by molar-refractivity contribution is -0.135. The average Bonchev–Trinajstić information content (AvgIpc) is 2.94. The first-order valence-electron chi connectivity index (χ1n) is 9.05. The summed E-state index contributed by atoms with van der Waals surface area (Å²) in [6.45, 7) is 2.04. The smallest absolute Gasteiger partial charge is 0.275 e. The highest BCUT2D eigenvalue weighted by molar-refractivity contribution is 6.33. The molecule has 8 nitrogen and oxygen atoms in total. The molecule has 1 aromatic heterocycles. The number of aromatic nitrogens is 1. The van der Waals surface area contributed by atoms with Crippen LogP contribution in [-0.4, -0.2) is 40.9 Å². The Hall–Kier alpha value is -2.87. The number of hydrogen-bond acceptors (Lipinski definition) is 5. The van der Waals surface area contributed by atoms with E-state index < -0.39 is 11.8 Å². The molecule has 2 N–H and O–H groups in total. The molecule has 3 amide bonds. The summed E-state index contributed by atoms with van der Waals surface area (Å²) in [4.78, 5) is 38.2. The third kappa shape index (κ3) is 4.51. The van der Waals surface area contributed by atoms with E-state index in [-0.39, 0.29) is 23.7 Å². The second-order valence-electron chi connectivity index (χ2n) is 6.57. The lowest BCUT2D eigenvalue weighted by Crippen LogP contribution is -2.47. The summed E-state index contributed by atoms with van der Waals surface area (Å²) in [5.41, 5.74) is 5.72. The predicted octanol–water partition coefficient (Wildman–Crippen LogP) is 2.47. The fourth-order valence-electron chi connectivity index (χ4n) is 3.08. The van der Waals surface area contributed by atoms with Crippen LogP contribution in [0.5, 0.6) is 0 Å². The first-order valence-corrected chi connectivity index (χ1v) is 9.43. The van der Waals surface area contributed by atoms with E-state index in [4.69, 9.17) is 16.1 Å². The molecule has 2 aromatic rings. The van der Waals surface area contributed by atoms with Crippen molar-refractivity contribution in [2.75, 3.05) is 13.1 Å². The largest absolute Gasteiger partial charge is 0.360 e. The van der Waals surface area contributed by atoms with Gasteiger partial charge >= 0.3 is 0 Å². The van der Waals surface area contributed by atoms with E-state index in [2.05, 4.69) is 16.0 Å². The topological polar surface area (TPSA) is 105 Å². The highest BCUT2D eigenvalue weighted by atomic mass is 35.5. The van der Waals surface area contributed by atoms with Crippen LogP contribution in [0.4, 0.5) is 0 Å². The molecule has 0 bridgehead atoms. The quantitative estimate of drug-likeness (QED) is 0.761. The zero-order valence-corrected chi connectivity index (χ0v) is 16.2. The number of rotatable bonds is 4. The number of carbonyl (C=O) groups is 3. The molecule has 1 aliphatic heterocycles. The van der Waals surface area contributed by atoms with Crippen LogP contribution in [0.2, 0.25) is 5.02 Å². The van der Waals surface area contributed by atoms with Crippen molar-refractivity contribution in [2.45, 2.75) is 32.6 Å². The number of amides is 3. The number of nitrogens with one attached hydrogen (secondary N) is 2. The van der Waals surface area contributed by atoms with Gasteiger partial charge < -0.3 is 9.42 Å². The van der Waals surface area contributed by atoms with Gasteiger partial charge in [-0.15, -0.1) is 0 Å². The van der Waals surface area contributed by atoms with E-state index in [1.807, 2.05) is 0 Å². The van der Waals surface area contributed by atoms with Crippen molar-refractivity contribution in [3.8, 4) is 11.3 Å².